The predicted octanol–water partition coefficient (Wildman–Crippen LogP) is 1.51. The normalized spacial score (nSPS) is 26.9. The van der Waals surface area contributed by atoms with Gasteiger partial charge >= 0.3 is 6.03 Å². The molecule has 0 radical (unpaired) electrons. The molecule has 3 unspecified atom stereocenters. The summed E-state index contributed by atoms with van der Waals surface area (Å²) in [6, 6.07) is -0.549. The van der Waals surface area contributed by atoms with Gasteiger partial charge in [0.1, 0.15) is 6.26 Å². The van der Waals surface area contributed by atoms with E-state index in [2.05, 4.69) is 15.6 Å². The first kappa shape index (κ1) is 19.6. The van der Waals surface area contributed by atoms with Gasteiger partial charge in [-0.1, -0.05) is 0 Å². The van der Waals surface area contributed by atoms with E-state index in [4.69, 9.17) is 9.15 Å². The van der Waals surface area contributed by atoms with Crippen LogP contribution in [0.4, 0.5) is 19.3 Å². The van der Waals surface area contributed by atoms with E-state index in [1.54, 1.807) is 13.8 Å². The molecule has 2 aromatic rings. The second-order valence-electron chi connectivity index (χ2n) is 8.03. The van der Waals surface area contributed by atoms with E-state index < -0.39 is 47.0 Å². The molecule has 11 heteroatoms. The summed E-state index contributed by atoms with van der Waals surface area (Å²) in [6.07, 6.45) is 1.20. The Morgan fingerprint density at radius 1 is 1.16 bits per heavy atom. The smallest absolute Gasteiger partial charge is 0.328 e. The number of carbonyl (C=O) groups is 3. The lowest BCUT2D eigenvalue weighted by molar-refractivity contribution is -0.153. The van der Waals surface area contributed by atoms with E-state index in [-0.39, 0.29) is 41.8 Å². The molecule has 1 spiro atoms. The second kappa shape index (κ2) is 6.58. The number of nitrogens with zero attached hydrogens (tertiary/aromatic N) is 2. The number of carbonyl (C=O) groups excluding carboxylic acids is 3. The van der Waals surface area contributed by atoms with E-state index in [0.29, 0.717) is 0 Å². The minimum absolute atomic E-state index is 0.0390. The molecule has 2 fully saturated rings. The van der Waals surface area contributed by atoms with Crippen LogP contribution in [0.5, 0.6) is 0 Å². The summed E-state index contributed by atoms with van der Waals surface area (Å²) >= 11 is 0. The molecule has 0 saturated carbocycles. The number of nitrogens with one attached hydrogen (secondary N) is 2. The largest absolute Gasteiger partial charge is 0.444 e. The topological polar surface area (TPSA) is 114 Å². The fourth-order valence-electron chi connectivity index (χ4n) is 5.05. The number of oxazole rings is 1. The number of halogens is 2. The number of imide groups is 2. The number of urea groups is 1. The quantitative estimate of drug-likeness (QED) is 0.657. The number of hydrogen-bond donors (Lipinski definition) is 2. The van der Waals surface area contributed by atoms with Gasteiger partial charge in [-0.25, -0.2) is 18.6 Å². The Hall–Kier alpha value is -3.34. The van der Waals surface area contributed by atoms with Crippen molar-refractivity contribution in [1.29, 1.82) is 0 Å². The van der Waals surface area contributed by atoms with Gasteiger partial charge in [0.05, 0.1) is 35.7 Å². The monoisotopic (exact) mass is 432 g/mol. The van der Waals surface area contributed by atoms with Gasteiger partial charge in [0.15, 0.2) is 17.0 Å². The van der Waals surface area contributed by atoms with Gasteiger partial charge in [0, 0.05) is 13.0 Å². The predicted molar refractivity (Wildman–Crippen MR) is 101 cm³/mol. The van der Waals surface area contributed by atoms with Gasteiger partial charge in [-0.05, 0) is 25.5 Å². The van der Waals surface area contributed by atoms with Crippen LogP contribution >= 0.6 is 0 Å². The molecule has 0 aliphatic carbocycles. The Bertz CT molecular complexity index is 1100. The lowest BCUT2D eigenvalue weighted by Crippen LogP contribution is -2.75. The molecule has 9 nitrogen and oxygen atoms in total. The van der Waals surface area contributed by atoms with Crippen LogP contribution in [0.25, 0.3) is 11.5 Å². The van der Waals surface area contributed by atoms with Crippen molar-refractivity contribution >= 4 is 23.5 Å². The first-order valence-corrected chi connectivity index (χ1v) is 9.73. The fraction of sp³-hybridized carbons (Fsp3) is 0.400. The number of ether oxygens (including phenoxy) is 1. The first-order valence-electron chi connectivity index (χ1n) is 9.73. The molecule has 4 heterocycles. The van der Waals surface area contributed by atoms with Gasteiger partial charge < -0.3 is 14.1 Å². The number of aromatic nitrogens is 1. The number of rotatable bonds is 1. The van der Waals surface area contributed by atoms with Gasteiger partial charge in [-0.2, -0.15) is 0 Å². The Kier molecular flexibility index (Phi) is 4.16. The average Bonchev–Trinajstić information content (AvgIpc) is 3.22. The Morgan fingerprint density at radius 2 is 1.87 bits per heavy atom. The molecule has 0 bridgehead atoms. The number of anilines is 1. The molecule has 2 N–H and O–H groups in total. The number of hydrogen-bond acceptors (Lipinski definition) is 7. The molecule has 1 aromatic heterocycles. The Morgan fingerprint density at radius 3 is 2.52 bits per heavy atom. The van der Waals surface area contributed by atoms with Crippen LogP contribution in [-0.2, 0) is 20.7 Å². The molecule has 3 aliphatic rings. The van der Waals surface area contributed by atoms with Crippen molar-refractivity contribution in [2.24, 2.45) is 5.41 Å². The Labute approximate surface area is 174 Å². The van der Waals surface area contributed by atoms with Crippen LogP contribution in [0, 0.1) is 17.0 Å². The number of barbiturate groups is 1. The average molecular weight is 432 g/mol. The van der Waals surface area contributed by atoms with Crippen molar-refractivity contribution in [3.63, 3.8) is 0 Å². The highest BCUT2D eigenvalue weighted by Gasteiger charge is 2.63. The third-order valence-corrected chi connectivity index (χ3v) is 6.13. The summed E-state index contributed by atoms with van der Waals surface area (Å²) in [6.45, 7) is 3.53. The summed E-state index contributed by atoms with van der Waals surface area (Å²) in [4.78, 5) is 43.3. The molecular weight excluding hydrogens is 414 g/mol. The lowest BCUT2D eigenvalue weighted by Gasteiger charge is -2.55. The van der Waals surface area contributed by atoms with Crippen molar-refractivity contribution in [3.8, 4) is 11.5 Å². The first-order chi connectivity index (χ1) is 14.7. The highest BCUT2D eigenvalue weighted by atomic mass is 19.2. The zero-order chi connectivity index (χ0) is 22.1. The molecule has 2 saturated heterocycles. The molecule has 5 rings (SSSR count). The van der Waals surface area contributed by atoms with Crippen LogP contribution in [0.15, 0.2) is 22.9 Å². The van der Waals surface area contributed by atoms with Gasteiger partial charge in [-0.15, -0.1) is 0 Å². The molecule has 1 aromatic carbocycles. The van der Waals surface area contributed by atoms with Crippen LogP contribution in [0.3, 0.4) is 0 Å². The third-order valence-electron chi connectivity index (χ3n) is 6.13. The van der Waals surface area contributed by atoms with Crippen LogP contribution in [-0.4, -0.2) is 47.6 Å². The second-order valence-corrected chi connectivity index (χ2v) is 8.03. The van der Waals surface area contributed by atoms with Gasteiger partial charge in [0.25, 0.3) is 0 Å². The highest BCUT2D eigenvalue weighted by molar-refractivity contribution is 6.20. The fourth-order valence-corrected chi connectivity index (χ4v) is 5.05. The van der Waals surface area contributed by atoms with E-state index in [1.807, 2.05) is 0 Å². The summed E-state index contributed by atoms with van der Waals surface area (Å²) in [5.74, 6) is -4.02. The van der Waals surface area contributed by atoms with Crippen molar-refractivity contribution in [3.05, 3.63) is 35.7 Å². The molecule has 3 aliphatic heterocycles. The number of benzene rings is 1. The maximum Gasteiger partial charge on any atom is 0.328 e. The SMILES string of the molecule is CC1CN2c3c(cc(-c4ncco4)c(F)c3F)CC3(C(=O)NC(=O)NC3=O)C2C(C)O1. The summed E-state index contributed by atoms with van der Waals surface area (Å²) in [7, 11) is 0. The van der Waals surface area contributed by atoms with Crippen molar-refractivity contribution in [2.45, 2.75) is 38.5 Å². The van der Waals surface area contributed by atoms with Crippen molar-refractivity contribution < 1.29 is 32.3 Å². The standard InChI is InChI=1S/C20H18F2N4O5/c1-8-7-26-14-10(5-11(12(21)13(14)22)16-23-3-4-30-16)6-20(15(26)9(2)31-8)17(27)24-19(29)25-18(20)28/h3-5,8-9,15H,6-7H2,1-2H3,(H2,24,25,27,28,29). The van der Waals surface area contributed by atoms with Crippen LogP contribution in [0.1, 0.15) is 19.4 Å². The number of morpholine rings is 1. The summed E-state index contributed by atoms with van der Waals surface area (Å²) < 4.78 is 41.4. The van der Waals surface area contributed by atoms with Crippen LogP contribution < -0.4 is 15.5 Å². The van der Waals surface area contributed by atoms with Crippen LogP contribution in [0.2, 0.25) is 0 Å². The number of fused-ring (bicyclic) bond motifs is 4. The highest BCUT2D eigenvalue weighted by Crippen LogP contribution is 2.49. The number of amides is 4. The molecule has 3 atom stereocenters. The lowest BCUT2D eigenvalue weighted by atomic mass is 9.66. The molecular formula is C20H18F2N4O5. The minimum atomic E-state index is -1.78. The van der Waals surface area contributed by atoms with Crippen molar-refractivity contribution in [1.82, 2.24) is 15.6 Å². The maximum absolute atomic E-state index is 15.4. The van der Waals surface area contributed by atoms with Crippen molar-refractivity contribution in [2.75, 3.05) is 11.4 Å². The zero-order valence-corrected chi connectivity index (χ0v) is 16.6. The van der Waals surface area contributed by atoms with E-state index in [9.17, 15) is 14.4 Å². The summed E-state index contributed by atoms with van der Waals surface area (Å²) in [5, 5.41) is 4.29. The summed E-state index contributed by atoms with van der Waals surface area (Å²) in [5.41, 5.74) is -1.82. The molecule has 4 amide bonds. The third kappa shape index (κ3) is 2.62. The van der Waals surface area contributed by atoms with Gasteiger partial charge in [0.2, 0.25) is 17.7 Å². The van der Waals surface area contributed by atoms with E-state index in [0.717, 1.165) is 0 Å². The Balaban J connectivity index is 1.76. The molecule has 162 valence electrons. The van der Waals surface area contributed by atoms with Gasteiger partial charge in [-0.3, -0.25) is 20.2 Å². The maximum atomic E-state index is 15.4. The van der Waals surface area contributed by atoms with E-state index in [1.165, 1.54) is 23.4 Å². The minimum Gasteiger partial charge on any atom is -0.444 e. The zero-order valence-electron chi connectivity index (χ0n) is 16.6. The van der Waals surface area contributed by atoms with E-state index >= 15 is 8.78 Å². The molecule has 31 heavy (non-hydrogen) atoms.